The normalized spacial score (nSPS) is 48.7. The molecule has 0 saturated heterocycles. The molecule has 2 saturated carbocycles. The summed E-state index contributed by atoms with van der Waals surface area (Å²) in [6.45, 7) is 13.2. The first-order valence-corrected chi connectivity index (χ1v) is 8.94. The van der Waals surface area contributed by atoms with Gasteiger partial charge >= 0.3 is 0 Å². The minimum absolute atomic E-state index is 0.0135. The first-order valence-electron chi connectivity index (χ1n) is 8.94. The van der Waals surface area contributed by atoms with Gasteiger partial charge < -0.3 is 10.2 Å². The maximum Gasteiger partial charge on any atom is 0.0783 e. The Kier molecular flexibility index (Phi) is 3.85. The minimum Gasteiger partial charge on any atom is -0.389 e. The van der Waals surface area contributed by atoms with Gasteiger partial charge in [-0.25, -0.2) is 0 Å². The highest BCUT2D eigenvalue weighted by atomic mass is 16.3. The van der Waals surface area contributed by atoms with Crippen LogP contribution in [-0.4, -0.2) is 22.4 Å². The molecule has 0 amide bonds. The van der Waals surface area contributed by atoms with Crippen LogP contribution in [0, 0.1) is 28.6 Å². The first kappa shape index (κ1) is 16.3. The lowest BCUT2D eigenvalue weighted by molar-refractivity contribution is -0.0714. The van der Waals surface area contributed by atoms with E-state index >= 15 is 0 Å². The van der Waals surface area contributed by atoms with Gasteiger partial charge in [-0.05, 0) is 60.8 Å². The van der Waals surface area contributed by atoms with Crippen LogP contribution in [0.25, 0.3) is 0 Å². The molecule has 22 heavy (non-hydrogen) atoms. The third-order valence-corrected chi connectivity index (χ3v) is 7.20. The Morgan fingerprint density at radius 1 is 1.23 bits per heavy atom. The van der Waals surface area contributed by atoms with Crippen LogP contribution < -0.4 is 0 Å². The van der Waals surface area contributed by atoms with E-state index in [-0.39, 0.29) is 23.0 Å². The van der Waals surface area contributed by atoms with Crippen molar-refractivity contribution in [3.05, 3.63) is 23.8 Å². The second-order valence-electron chi connectivity index (χ2n) is 8.93. The molecule has 0 heterocycles. The molecule has 2 nitrogen and oxygen atoms in total. The molecule has 2 fully saturated rings. The molecular formula is C20H32O2. The van der Waals surface area contributed by atoms with Crippen LogP contribution in [0.1, 0.15) is 59.8 Å². The van der Waals surface area contributed by atoms with Crippen molar-refractivity contribution in [3.8, 4) is 0 Å². The zero-order valence-electron chi connectivity index (χ0n) is 14.6. The van der Waals surface area contributed by atoms with Gasteiger partial charge in [0, 0.05) is 5.41 Å². The number of rotatable bonds is 1. The molecule has 0 aliphatic heterocycles. The van der Waals surface area contributed by atoms with E-state index in [4.69, 9.17) is 0 Å². The van der Waals surface area contributed by atoms with Crippen molar-refractivity contribution in [1.29, 1.82) is 0 Å². The summed E-state index contributed by atoms with van der Waals surface area (Å²) in [7, 11) is 0. The van der Waals surface area contributed by atoms with E-state index in [2.05, 4.69) is 40.3 Å². The minimum atomic E-state index is -0.350. The molecule has 0 bridgehead atoms. The molecule has 0 radical (unpaired) electrons. The second kappa shape index (κ2) is 5.21. The molecule has 0 unspecified atom stereocenters. The Bertz CT molecular complexity index is 506. The Balaban J connectivity index is 2.02. The topological polar surface area (TPSA) is 40.5 Å². The third kappa shape index (κ3) is 2.22. The molecule has 3 aliphatic carbocycles. The average molecular weight is 304 g/mol. The van der Waals surface area contributed by atoms with Crippen molar-refractivity contribution in [1.82, 2.24) is 0 Å². The molecular weight excluding hydrogens is 272 g/mol. The van der Waals surface area contributed by atoms with E-state index in [1.54, 1.807) is 0 Å². The number of hydrogen-bond donors (Lipinski definition) is 2. The Morgan fingerprint density at radius 2 is 1.91 bits per heavy atom. The van der Waals surface area contributed by atoms with Gasteiger partial charge in [-0.1, -0.05) is 45.9 Å². The monoisotopic (exact) mass is 304 g/mol. The van der Waals surface area contributed by atoms with Gasteiger partial charge in [0.25, 0.3) is 0 Å². The summed E-state index contributed by atoms with van der Waals surface area (Å²) in [5.74, 6) is 1.49. The fraction of sp³-hybridized carbons (Fsp3) is 0.800. The summed E-state index contributed by atoms with van der Waals surface area (Å²) in [5.41, 5.74) is 2.61. The van der Waals surface area contributed by atoms with Gasteiger partial charge in [-0.15, -0.1) is 0 Å². The molecule has 2 heteroatoms. The lowest BCUT2D eigenvalue weighted by atomic mass is 9.51. The fourth-order valence-corrected chi connectivity index (χ4v) is 5.59. The molecule has 6 atom stereocenters. The molecule has 2 N–H and O–H groups in total. The van der Waals surface area contributed by atoms with E-state index in [9.17, 15) is 10.2 Å². The molecule has 3 rings (SSSR count). The summed E-state index contributed by atoms with van der Waals surface area (Å²) >= 11 is 0. The fourth-order valence-electron chi connectivity index (χ4n) is 5.59. The number of aliphatic hydroxyl groups excluding tert-OH is 2. The zero-order valence-corrected chi connectivity index (χ0v) is 14.6. The van der Waals surface area contributed by atoms with E-state index in [1.165, 1.54) is 5.57 Å². The number of hydrogen-bond acceptors (Lipinski definition) is 2. The van der Waals surface area contributed by atoms with Crippen LogP contribution in [0.2, 0.25) is 0 Å². The Morgan fingerprint density at radius 3 is 2.55 bits per heavy atom. The molecule has 0 aromatic carbocycles. The summed E-state index contributed by atoms with van der Waals surface area (Å²) in [4.78, 5) is 0. The van der Waals surface area contributed by atoms with E-state index < -0.39 is 0 Å². The van der Waals surface area contributed by atoms with Crippen molar-refractivity contribution >= 4 is 0 Å². The smallest absolute Gasteiger partial charge is 0.0783 e. The van der Waals surface area contributed by atoms with Crippen molar-refractivity contribution in [2.75, 3.05) is 0 Å². The van der Waals surface area contributed by atoms with Crippen molar-refractivity contribution in [2.45, 2.75) is 72.0 Å². The second-order valence-corrected chi connectivity index (χ2v) is 8.93. The van der Waals surface area contributed by atoms with Crippen molar-refractivity contribution < 1.29 is 10.2 Å². The lowest BCUT2D eigenvalue weighted by Crippen LogP contribution is -2.49. The summed E-state index contributed by atoms with van der Waals surface area (Å²) < 4.78 is 0. The summed E-state index contributed by atoms with van der Waals surface area (Å²) in [6.07, 6.45) is 6.51. The third-order valence-electron chi connectivity index (χ3n) is 7.20. The van der Waals surface area contributed by atoms with E-state index in [0.717, 1.165) is 37.7 Å². The predicted octanol–water partition coefficient (Wildman–Crippen LogP) is 4.08. The maximum absolute atomic E-state index is 10.7. The van der Waals surface area contributed by atoms with Crippen LogP contribution >= 0.6 is 0 Å². The van der Waals surface area contributed by atoms with Gasteiger partial charge in [-0.2, -0.15) is 0 Å². The van der Waals surface area contributed by atoms with Gasteiger partial charge in [0.2, 0.25) is 0 Å². The van der Waals surface area contributed by atoms with Gasteiger partial charge in [0.1, 0.15) is 0 Å². The van der Waals surface area contributed by atoms with Gasteiger partial charge in [0.15, 0.2) is 0 Å². The van der Waals surface area contributed by atoms with E-state index in [0.29, 0.717) is 17.8 Å². The van der Waals surface area contributed by atoms with Crippen LogP contribution in [0.3, 0.4) is 0 Å². The first-order chi connectivity index (χ1) is 10.2. The van der Waals surface area contributed by atoms with Crippen LogP contribution in [0.4, 0.5) is 0 Å². The number of aliphatic hydroxyl groups is 2. The van der Waals surface area contributed by atoms with Crippen LogP contribution in [-0.2, 0) is 0 Å². The van der Waals surface area contributed by atoms with Crippen molar-refractivity contribution in [2.24, 2.45) is 28.6 Å². The molecule has 0 spiro atoms. The van der Waals surface area contributed by atoms with Crippen LogP contribution in [0.15, 0.2) is 23.8 Å². The van der Waals surface area contributed by atoms with Gasteiger partial charge in [0.05, 0.1) is 12.2 Å². The summed E-state index contributed by atoms with van der Waals surface area (Å²) in [6, 6.07) is 0. The molecule has 3 aliphatic rings. The molecule has 0 aromatic heterocycles. The predicted molar refractivity (Wildman–Crippen MR) is 90.4 cm³/mol. The SMILES string of the molecule is C=C1CC[C@@H]2[C@H]3C(C(C)C)=C[C@H](O)[C@@]3(C)CC[C@@]2(C)C[C@H]1O. The summed E-state index contributed by atoms with van der Waals surface area (Å²) in [5, 5.41) is 21.1. The van der Waals surface area contributed by atoms with Gasteiger partial charge in [-0.3, -0.25) is 0 Å². The maximum atomic E-state index is 10.7. The Hall–Kier alpha value is -0.600. The highest BCUT2D eigenvalue weighted by molar-refractivity contribution is 5.29. The highest BCUT2D eigenvalue weighted by Gasteiger charge is 2.58. The number of allylic oxidation sites excluding steroid dienone is 1. The standard InChI is InChI=1S/C20H32O2/c1-12(2)14-10-17(22)20(5)9-8-19(4)11-16(21)13(3)6-7-15(19)18(14)20/h10,12,15-18,21-22H,3,6-9,11H2,1-2,4-5H3/t15-,16-,17+,18-,19+,20-/m1/s1. The van der Waals surface area contributed by atoms with E-state index in [1.807, 2.05) is 0 Å². The van der Waals surface area contributed by atoms with Crippen LogP contribution in [0.5, 0.6) is 0 Å². The quantitative estimate of drug-likeness (QED) is 0.717. The van der Waals surface area contributed by atoms with Crippen molar-refractivity contribution in [3.63, 3.8) is 0 Å². The Labute approximate surface area is 135 Å². The molecule has 0 aromatic rings. The average Bonchev–Trinajstić information content (AvgIpc) is 2.64. The number of fused-ring (bicyclic) bond motifs is 3. The highest BCUT2D eigenvalue weighted by Crippen LogP contribution is 2.64. The molecule has 124 valence electrons. The zero-order chi connectivity index (χ0) is 16.3. The lowest BCUT2D eigenvalue weighted by Gasteiger charge is -2.54. The largest absolute Gasteiger partial charge is 0.389 e.